The van der Waals surface area contributed by atoms with E-state index in [1.54, 1.807) is 6.07 Å². The smallest absolute Gasteiger partial charge is 0.370 e. The fourth-order valence-corrected chi connectivity index (χ4v) is 2.40. The van der Waals surface area contributed by atoms with Gasteiger partial charge >= 0.3 is 6.18 Å². The monoisotopic (exact) mass is 441 g/mol. The van der Waals surface area contributed by atoms with Gasteiger partial charge in [0.1, 0.15) is 0 Å². The third-order valence-electron chi connectivity index (χ3n) is 4.04. The Balaban J connectivity index is 0.00000264. The van der Waals surface area contributed by atoms with Crippen LogP contribution in [0.4, 0.5) is 13.2 Å². The number of halogens is 4. The molecule has 3 N–H and O–H groups in total. The SMILES string of the molecule is CCCCNC(N)=NCC1(c2cccc(C(F)(F)F)c2)CC1.I. The Morgan fingerprint density at radius 1 is 1.35 bits per heavy atom. The van der Waals surface area contributed by atoms with E-state index in [0.29, 0.717) is 18.1 Å². The Morgan fingerprint density at radius 2 is 2.04 bits per heavy atom. The maximum absolute atomic E-state index is 12.8. The molecule has 0 atom stereocenters. The van der Waals surface area contributed by atoms with Gasteiger partial charge in [-0.15, -0.1) is 24.0 Å². The predicted octanol–water partition coefficient (Wildman–Crippen LogP) is 4.06. The number of benzene rings is 1. The summed E-state index contributed by atoms with van der Waals surface area (Å²) in [5.74, 6) is 0.367. The maximum Gasteiger partial charge on any atom is 0.416 e. The van der Waals surface area contributed by atoms with Crippen molar-refractivity contribution in [3.05, 3.63) is 35.4 Å². The molecule has 0 saturated heterocycles. The normalized spacial score (nSPS) is 16.6. The van der Waals surface area contributed by atoms with Crippen molar-refractivity contribution >= 4 is 29.9 Å². The minimum absolute atomic E-state index is 0. The summed E-state index contributed by atoms with van der Waals surface area (Å²) >= 11 is 0. The van der Waals surface area contributed by atoms with Crippen molar-refractivity contribution in [2.45, 2.75) is 44.2 Å². The zero-order valence-corrected chi connectivity index (χ0v) is 15.4. The summed E-state index contributed by atoms with van der Waals surface area (Å²) in [6, 6.07) is 5.55. The Morgan fingerprint density at radius 3 is 2.61 bits per heavy atom. The van der Waals surface area contributed by atoms with Gasteiger partial charge in [0.15, 0.2) is 5.96 Å². The molecule has 7 heteroatoms. The van der Waals surface area contributed by atoms with Crippen LogP contribution in [0.2, 0.25) is 0 Å². The van der Waals surface area contributed by atoms with E-state index >= 15 is 0 Å². The molecule has 0 aliphatic heterocycles. The van der Waals surface area contributed by atoms with Crippen LogP contribution in [0, 0.1) is 0 Å². The number of unbranched alkanes of at least 4 members (excludes halogenated alkanes) is 1. The van der Waals surface area contributed by atoms with Gasteiger partial charge in [-0.1, -0.05) is 31.5 Å². The van der Waals surface area contributed by atoms with Crippen molar-refractivity contribution in [3.8, 4) is 0 Å². The molecular weight excluding hydrogens is 418 g/mol. The summed E-state index contributed by atoms with van der Waals surface area (Å²) in [7, 11) is 0. The topological polar surface area (TPSA) is 50.4 Å². The maximum atomic E-state index is 12.8. The molecule has 1 aliphatic carbocycles. The number of aliphatic imine (C=N–C) groups is 1. The Bertz CT molecular complexity index is 540. The molecule has 0 heterocycles. The first kappa shape index (κ1) is 20.1. The van der Waals surface area contributed by atoms with Gasteiger partial charge in [-0.3, -0.25) is 4.99 Å². The Kier molecular flexibility index (Phi) is 7.16. The average Bonchev–Trinajstić information content (AvgIpc) is 3.26. The Hall–Kier alpha value is -0.990. The highest BCUT2D eigenvalue weighted by atomic mass is 127. The lowest BCUT2D eigenvalue weighted by molar-refractivity contribution is -0.137. The highest BCUT2D eigenvalue weighted by Gasteiger charge is 2.45. The van der Waals surface area contributed by atoms with E-state index in [2.05, 4.69) is 17.2 Å². The molecule has 23 heavy (non-hydrogen) atoms. The highest BCUT2D eigenvalue weighted by Crippen LogP contribution is 2.49. The van der Waals surface area contributed by atoms with Crippen molar-refractivity contribution < 1.29 is 13.2 Å². The van der Waals surface area contributed by atoms with Crippen molar-refractivity contribution in [2.75, 3.05) is 13.1 Å². The summed E-state index contributed by atoms with van der Waals surface area (Å²) in [4.78, 5) is 4.30. The fraction of sp³-hybridized carbons (Fsp3) is 0.562. The van der Waals surface area contributed by atoms with Gasteiger partial charge in [-0.05, 0) is 30.9 Å². The van der Waals surface area contributed by atoms with Crippen LogP contribution >= 0.6 is 24.0 Å². The quantitative estimate of drug-likeness (QED) is 0.303. The van der Waals surface area contributed by atoms with Crippen LogP contribution in [0.5, 0.6) is 0 Å². The van der Waals surface area contributed by atoms with Gasteiger partial charge < -0.3 is 11.1 Å². The lowest BCUT2D eigenvalue weighted by Crippen LogP contribution is -2.33. The number of nitrogens with zero attached hydrogens (tertiary/aromatic N) is 1. The van der Waals surface area contributed by atoms with E-state index < -0.39 is 11.7 Å². The first-order chi connectivity index (χ1) is 10.4. The van der Waals surface area contributed by atoms with Crippen molar-refractivity contribution in [2.24, 2.45) is 10.7 Å². The predicted molar refractivity (Wildman–Crippen MR) is 97.2 cm³/mol. The molecule has 0 amide bonds. The third-order valence-corrected chi connectivity index (χ3v) is 4.04. The number of rotatable bonds is 6. The van der Waals surface area contributed by atoms with E-state index in [-0.39, 0.29) is 29.4 Å². The first-order valence-electron chi connectivity index (χ1n) is 7.59. The molecule has 2 rings (SSSR count). The summed E-state index contributed by atoms with van der Waals surface area (Å²) in [5, 5.41) is 3.02. The van der Waals surface area contributed by atoms with Crippen LogP contribution in [0.3, 0.4) is 0 Å². The van der Waals surface area contributed by atoms with Crippen LogP contribution in [-0.4, -0.2) is 19.0 Å². The van der Waals surface area contributed by atoms with Gasteiger partial charge in [0.2, 0.25) is 0 Å². The summed E-state index contributed by atoms with van der Waals surface area (Å²) in [5.41, 5.74) is 5.60. The minimum atomic E-state index is -4.31. The van der Waals surface area contributed by atoms with Gasteiger partial charge in [-0.25, -0.2) is 0 Å². The van der Waals surface area contributed by atoms with Gasteiger partial charge in [0.25, 0.3) is 0 Å². The number of hydrogen-bond acceptors (Lipinski definition) is 1. The first-order valence-corrected chi connectivity index (χ1v) is 7.59. The van der Waals surface area contributed by atoms with E-state index in [1.165, 1.54) is 12.1 Å². The number of guanidine groups is 1. The summed E-state index contributed by atoms with van der Waals surface area (Å²) in [6.45, 7) is 3.28. The molecule has 1 aromatic carbocycles. The van der Waals surface area contributed by atoms with Crippen LogP contribution in [0.15, 0.2) is 29.3 Å². The average molecular weight is 441 g/mol. The molecule has 1 aliphatic rings. The zero-order valence-electron chi connectivity index (χ0n) is 13.1. The lowest BCUT2D eigenvalue weighted by Gasteiger charge is -2.16. The second-order valence-electron chi connectivity index (χ2n) is 5.84. The van der Waals surface area contributed by atoms with Crippen LogP contribution in [0.25, 0.3) is 0 Å². The molecular formula is C16H23F3IN3. The van der Waals surface area contributed by atoms with Gasteiger partial charge in [0.05, 0.1) is 12.1 Å². The van der Waals surface area contributed by atoms with E-state index in [4.69, 9.17) is 5.73 Å². The molecule has 0 unspecified atom stereocenters. The molecule has 0 aromatic heterocycles. The molecule has 1 fully saturated rings. The summed E-state index contributed by atoms with van der Waals surface area (Å²) in [6.07, 6.45) is -0.542. The fourth-order valence-electron chi connectivity index (χ4n) is 2.40. The van der Waals surface area contributed by atoms with Crippen LogP contribution in [-0.2, 0) is 11.6 Å². The zero-order chi connectivity index (χ0) is 16.2. The number of alkyl halides is 3. The third kappa shape index (κ3) is 5.54. The molecule has 0 bridgehead atoms. The molecule has 1 aromatic rings. The van der Waals surface area contributed by atoms with Gasteiger partial charge in [-0.2, -0.15) is 13.2 Å². The second kappa shape index (κ2) is 8.21. The minimum Gasteiger partial charge on any atom is -0.370 e. The number of nitrogens with one attached hydrogen (secondary N) is 1. The van der Waals surface area contributed by atoms with Crippen molar-refractivity contribution in [3.63, 3.8) is 0 Å². The van der Waals surface area contributed by atoms with E-state index in [9.17, 15) is 13.2 Å². The van der Waals surface area contributed by atoms with Crippen LogP contribution in [0.1, 0.15) is 43.7 Å². The van der Waals surface area contributed by atoms with Gasteiger partial charge in [0, 0.05) is 12.0 Å². The second-order valence-corrected chi connectivity index (χ2v) is 5.84. The number of nitrogens with two attached hydrogens (primary N) is 1. The van der Waals surface area contributed by atoms with E-state index in [1.807, 2.05) is 0 Å². The molecule has 1 saturated carbocycles. The lowest BCUT2D eigenvalue weighted by atomic mass is 9.94. The standard InChI is InChI=1S/C16H22F3N3.HI/c1-2-3-9-21-14(20)22-11-15(7-8-15)12-5-4-6-13(10-12)16(17,18)19;/h4-6,10H,2-3,7-9,11H2,1H3,(H3,20,21,22);1H. The molecule has 130 valence electrons. The molecule has 0 radical (unpaired) electrons. The van der Waals surface area contributed by atoms with E-state index in [0.717, 1.165) is 38.3 Å². The van der Waals surface area contributed by atoms with Crippen LogP contribution < -0.4 is 11.1 Å². The number of hydrogen-bond donors (Lipinski definition) is 2. The highest BCUT2D eigenvalue weighted by molar-refractivity contribution is 14.0. The largest absolute Gasteiger partial charge is 0.416 e. The Labute approximate surface area is 152 Å². The molecule has 3 nitrogen and oxygen atoms in total. The van der Waals surface area contributed by atoms with Crippen molar-refractivity contribution in [1.82, 2.24) is 5.32 Å². The molecule has 0 spiro atoms. The summed E-state index contributed by atoms with van der Waals surface area (Å²) < 4.78 is 38.4. The van der Waals surface area contributed by atoms with Crippen molar-refractivity contribution in [1.29, 1.82) is 0 Å².